The van der Waals surface area contributed by atoms with E-state index in [4.69, 9.17) is 5.73 Å². The Kier molecular flexibility index (Phi) is 4.27. The molecule has 0 fully saturated rings. The minimum atomic E-state index is 0.684. The molecule has 0 atom stereocenters. The molecular weight excluding hydrogens is 230 g/mol. The minimum absolute atomic E-state index is 0.684. The summed E-state index contributed by atoms with van der Waals surface area (Å²) in [6.07, 6.45) is 1.04. The summed E-state index contributed by atoms with van der Waals surface area (Å²) in [6.45, 7) is 2.14. The molecule has 0 amide bonds. The molecule has 0 unspecified atom stereocenters. The summed E-state index contributed by atoms with van der Waals surface area (Å²) in [5.41, 5.74) is 9.59. The highest BCUT2D eigenvalue weighted by molar-refractivity contribution is 5.57. The van der Waals surface area contributed by atoms with E-state index in [2.05, 4.69) is 42.7 Å². The van der Waals surface area contributed by atoms with E-state index in [9.17, 15) is 0 Å². The first-order chi connectivity index (χ1) is 9.29. The zero-order chi connectivity index (χ0) is 13.5. The van der Waals surface area contributed by atoms with Gasteiger partial charge in [0.15, 0.2) is 0 Å². The lowest BCUT2D eigenvalue weighted by atomic mass is 10.1. The summed E-state index contributed by atoms with van der Waals surface area (Å²) in [4.78, 5) is 0. The number of benzene rings is 2. The third-order valence-electron chi connectivity index (χ3n) is 2.79. The van der Waals surface area contributed by atoms with Gasteiger partial charge in [-0.3, -0.25) is 0 Å². The molecule has 0 aliphatic heterocycles. The average Bonchev–Trinajstić information content (AvgIpc) is 2.46. The maximum absolute atomic E-state index is 5.80. The highest BCUT2D eigenvalue weighted by atomic mass is 14.5. The van der Waals surface area contributed by atoms with Gasteiger partial charge in [-0.1, -0.05) is 43.0 Å². The van der Waals surface area contributed by atoms with Crippen LogP contribution in [0.25, 0.3) is 0 Å². The van der Waals surface area contributed by atoms with Crippen molar-refractivity contribution in [3.05, 3.63) is 65.2 Å². The van der Waals surface area contributed by atoms with Crippen molar-refractivity contribution in [1.82, 2.24) is 0 Å². The molecular formula is C18H15N. The van der Waals surface area contributed by atoms with Crippen LogP contribution in [0, 0.1) is 23.7 Å². The molecule has 0 saturated carbocycles. The molecule has 0 spiro atoms. The average molecular weight is 245 g/mol. The molecule has 2 aromatic rings. The molecule has 0 aliphatic carbocycles. The summed E-state index contributed by atoms with van der Waals surface area (Å²) < 4.78 is 0. The van der Waals surface area contributed by atoms with Crippen molar-refractivity contribution >= 4 is 5.69 Å². The van der Waals surface area contributed by atoms with Gasteiger partial charge in [0.25, 0.3) is 0 Å². The number of nitrogen functional groups attached to an aromatic ring is 1. The van der Waals surface area contributed by atoms with Crippen LogP contribution >= 0.6 is 0 Å². The van der Waals surface area contributed by atoms with Crippen LogP contribution in [0.2, 0.25) is 0 Å². The zero-order valence-corrected chi connectivity index (χ0v) is 10.9. The van der Waals surface area contributed by atoms with E-state index in [1.54, 1.807) is 0 Å². The summed E-state index contributed by atoms with van der Waals surface area (Å²) in [5.74, 6) is 11.7. The maximum atomic E-state index is 5.80. The van der Waals surface area contributed by atoms with Crippen molar-refractivity contribution in [2.75, 3.05) is 5.73 Å². The quantitative estimate of drug-likeness (QED) is 0.606. The Labute approximate surface area is 114 Å². The number of para-hydroxylation sites is 1. The van der Waals surface area contributed by atoms with E-state index in [0.717, 1.165) is 17.5 Å². The second kappa shape index (κ2) is 6.34. The molecule has 0 aromatic heterocycles. The fourth-order valence-electron chi connectivity index (χ4n) is 1.64. The van der Waals surface area contributed by atoms with E-state index in [0.29, 0.717) is 5.69 Å². The van der Waals surface area contributed by atoms with E-state index < -0.39 is 0 Å². The van der Waals surface area contributed by atoms with Crippen LogP contribution in [-0.4, -0.2) is 0 Å². The molecule has 0 radical (unpaired) electrons. The SMILES string of the molecule is CCc1ccc(C#CC#Cc2ccccc2N)cc1. The molecule has 92 valence electrons. The molecule has 0 bridgehead atoms. The topological polar surface area (TPSA) is 26.0 Å². The first-order valence-corrected chi connectivity index (χ1v) is 6.25. The van der Waals surface area contributed by atoms with E-state index in [1.807, 2.05) is 36.4 Å². The molecule has 0 aliphatic rings. The first-order valence-electron chi connectivity index (χ1n) is 6.25. The number of aryl methyl sites for hydroxylation is 1. The van der Waals surface area contributed by atoms with Crippen molar-refractivity contribution < 1.29 is 0 Å². The van der Waals surface area contributed by atoms with Gasteiger partial charge in [-0.2, -0.15) is 0 Å². The van der Waals surface area contributed by atoms with Crippen molar-refractivity contribution in [2.24, 2.45) is 0 Å². The van der Waals surface area contributed by atoms with Crippen molar-refractivity contribution in [3.8, 4) is 23.7 Å². The van der Waals surface area contributed by atoms with Crippen LogP contribution in [0.15, 0.2) is 48.5 Å². The van der Waals surface area contributed by atoms with Crippen LogP contribution in [-0.2, 0) is 6.42 Å². The largest absolute Gasteiger partial charge is 0.398 e. The molecule has 2 aromatic carbocycles. The van der Waals surface area contributed by atoms with Crippen molar-refractivity contribution in [2.45, 2.75) is 13.3 Å². The highest BCUT2D eigenvalue weighted by Crippen LogP contribution is 2.07. The van der Waals surface area contributed by atoms with Gasteiger partial charge < -0.3 is 5.73 Å². The van der Waals surface area contributed by atoms with Gasteiger partial charge in [-0.25, -0.2) is 0 Å². The highest BCUT2D eigenvalue weighted by Gasteiger charge is 1.90. The Morgan fingerprint density at radius 3 is 2.26 bits per heavy atom. The number of hydrogen-bond donors (Lipinski definition) is 1. The predicted molar refractivity (Wildman–Crippen MR) is 80.4 cm³/mol. The maximum Gasteiger partial charge on any atom is 0.0485 e. The Morgan fingerprint density at radius 1 is 0.895 bits per heavy atom. The number of anilines is 1. The Balaban J connectivity index is 2.11. The lowest BCUT2D eigenvalue weighted by molar-refractivity contribution is 1.14. The van der Waals surface area contributed by atoms with Gasteiger partial charge in [-0.05, 0) is 48.1 Å². The second-order valence-electron chi connectivity index (χ2n) is 4.14. The molecule has 0 heterocycles. The second-order valence-corrected chi connectivity index (χ2v) is 4.14. The molecule has 2 N–H and O–H groups in total. The summed E-state index contributed by atoms with van der Waals surface area (Å²) in [6, 6.07) is 15.7. The van der Waals surface area contributed by atoms with Gasteiger partial charge in [-0.15, -0.1) is 0 Å². The lowest BCUT2D eigenvalue weighted by Crippen LogP contribution is -1.87. The van der Waals surface area contributed by atoms with Crippen LogP contribution in [0.1, 0.15) is 23.6 Å². The van der Waals surface area contributed by atoms with Gasteiger partial charge >= 0.3 is 0 Å². The van der Waals surface area contributed by atoms with Crippen LogP contribution in [0.4, 0.5) is 5.69 Å². The molecule has 1 nitrogen and oxygen atoms in total. The third-order valence-corrected chi connectivity index (χ3v) is 2.79. The standard InChI is InChI=1S/C18H15N/c1-2-15-11-13-16(14-12-15)7-3-4-8-17-9-5-6-10-18(17)19/h5-6,9-14H,2,19H2,1H3. The Bertz CT molecular complexity index is 673. The molecule has 1 heteroatoms. The summed E-state index contributed by atoms with van der Waals surface area (Å²) >= 11 is 0. The molecule has 0 saturated heterocycles. The monoisotopic (exact) mass is 245 g/mol. The van der Waals surface area contributed by atoms with Crippen molar-refractivity contribution in [3.63, 3.8) is 0 Å². The van der Waals surface area contributed by atoms with Crippen LogP contribution < -0.4 is 5.73 Å². The summed E-state index contributed by atoms with van der Waals surface area (Å²) in [7, 11) is 0. The first kappa shape index (κ1) is 12.8. The van der Waals surface area contributed by atoms with Crippen LogP contribution in [0.5, 0.6) is 0 Å². The minimum Gasteiger partial charge on any atom is -0.398 e. The smallest absolute Gasteiger partial charge is 0.0485 e. The van der Waals surface area contributed by atoms with Gasteiger partial charge in [0.2, 0.25) is 0 Å². The fourth-order valence-corrected chi connectivity index (χ4v) is 1.64. The Morgan fingerprint density at radius 2 is 1.58 bits per heavy atom. The van der Waals surface area contributed by atoms with Crippen molar-refractivity contribution in [1.29, 1.82) is 0 Å². The van der Waals surface area contributed by atoms with Gasteiger partial charge in [0, 0.05) is 16.8 Å². The number of nitrogens with two attached hydrogens (primary N) is 1. The third kappa shape index (κ3) is 3.66. The summed E-state index contributed by atoms with van der Waals surface area (Å²) in [5, 5.41) is 0. The zero-order valence-electron chi connectivity index (χ0n) is 10.9. The normalized spacial score (nSPS) is 8.89. The molecule has 2 rings (SSSR count). The van der Waals surface area contributed by atoms with E-state index in [1.165, 1.54) is 5.56 Å². The van der Waals surface area contributed by atoms with Crippen LogP contribution in [0.3, 0.4) is 0 Å². The van der Waals surface area contributed by atoms with E-state index >= 15 is 0 Å². The van der Waals surface area contributed by atoms with E-state index in [-0.39, 0.29) is 0 Å². The number of hydrogen-bond acceptors (Lipinski definition) is 1. The fraction of sp³-hybridized carbons (Fsp3) is 0.111. The van der Waals surface area contributed by atoms with Gasteiger partial charge in [0.05, 0.1) is 0 Å². The van der Waals surface area contributed by atoms with Gasteiger partial charge in [0.1, 0.15) is 0 Å². The molecule has 19 heavy (non-hydrogen) atoms. The Hall–Kier alpha value is -2.64. The lowest BCUT2D eigenvalue weighted by Gasteiger charge is -1.94. The number of rotatable bonds is 1. The predicted octanol–water partition coefficient (Wildman–Crippen LogP) is 3.23.